The Kier molecular flexibility index (Phi) is 6.32. The van der Waals surface area contributed by atoms with E-state index in [9.17, 15) is 4.79 Å². The second kappa shape index (κ2) is 8.70. The summed E-state index contributed by atoms with van der Waals surface area (Å²) in [5.74, 6) is 0.966. The van der Waals surface area contributed by atoms with Crippen LogP contribution in [0, 0.1) is 19.8 Å². The molecule has 1 aromatic heterocycles. The molecule has 1 unspecified atom stereocenters. The van der Waals surface area contributed by atoms with Crippen molar-refractivity contribution >= 4 is 5.91 Å². The van der Waals surface area contributed by atoms with E-state index in [0.717, 1.165) is 48.2 Å². The van der Waals surface area contributed by atoms with Gasteiger partial charge >= 0.3 is 0 Å². The van der Waals surface area contributed by atoms with Crippen LogP contribution >= 0.6 is 0 Å². The van der Waals surface area contributed by atoms with E-state index >= 15 is 0 Å². The molecule has 1 atom stereocenters. The number of likely N-dealkylation sites (tertiary alicyclic amines) is 1. The molecule has 1 fully saturated rings. The van der Waals surface area contributed by atoms with Gasteiger partial charge in [-0.3, -0.25) is 4.79 Å². The molecule has 27 heavy (non-hydrogen) atoms. The minimum Gasteiger partial charge on any atom is -0.341 e. The highest BCUT2D eigenvalue weighted by Crippen LogP contribution is 2.17. The normalized spacial score (nSPS) is 17.9. The van der Waals surface area contributed by atoms with Gasteiger partial charge in [0.2, 0.25) is 5.91 Å². The van der Waals surface area contributed by atoms with Crippen LogP contribution in [-0.2, 0) is 11.3 Å². The highest BCUT2D eigenvalue weighted by molar-refractivity contribution is 5.76. The Morgan fingerprint density at radius 1 is 1.30 bits per heavy atom. The lowest BCUT2D eigenvalue weighted by molar-refractivity contribution is -0.130. The number of amides is 1. The second-order valence-electron chi connectivity index (χ2n) is 8.06. The molecule has 2 aromatic rings. The Hall–Kier alpha value is -2.14. The quantitative estimate of drug-likeness (QED) is 0.783. The fraction of sp³-hybridized carbons (Fsp3) is 0.545. The summed E-state index contributed by atoms with van der Waals surface area (Å²) in [6.45, 7) is 10.1. The first-order valence-electron chi connectivity index (χ1n) is 10.0. The van der Waals surface area contributed by atoms with Crippen LogP contribution in [0.4, 0.5) is 0 Å². The minimum atomic E-state index is 0.213. The van der Waals surface area contributed by atoms with Gasteiger partial charge in [0.1, 0.15) is 0 Å². The van der Waals surface area contributed by atoms with Crippen LogP contribution in [-0.4, -0.2) is 52.2 Å². The maximum Gasteiger partial charge on any atom is 0.223 e. The van der Waals surface area contributed by atoms with Crippen molar-refractivity contribution in [1.29, 1.82) is 0 Å². The summed E-state index contributed by atoms with van der Waals surface area (Å²) in [7, 11) is 1.90. The van der Waals surface area contributed by atoms with Crippen LogP contribution < -0.4 is 0 Å². The molecule has 1 saturated heterocycles. The van der Waals surface area contributed by atoms with Crippen molar-refractivity contribution in [2.75, 3.05) is 26.7 Å². The Morgan fingerprint density at radius 2 is 2.11 bits per heavy atom. The van der Waals surface area contributed by atoms with E-state index in [1.54, 1.807) is 0 Å². The Bertz CT molecular complexity index is 782. The van der Waals surface area contributed by atoms with E-state index in [1.807, 2.05) is 29.6 Å². The number of carbonyl (C=O) groups is 1. The lowest BCUT2D eigenvalue weighted by Gasteiger charge is -2.31. The first-order chi connectivity index (χ1) is 12.9. The summed E-state index contributed by atoms with van der Waals surface area (Å²) in [6.07, 6.45) is 3.17. The fourth-order valence-electron chi connectivity index (χ4n) is 3.97. The van der Waals surface area contributed by atoms with Gasteiger partial charge < -0.3 is 9.80 Å². The van der Waals surface area contributed by atoms with Crippen molar-refractivity contribution in [3.05, 3.63) is 47.3 Å². The lowest BCUT2D eigenvalue weighted by Crippen LogP contribution is -2.37. The third-order valence-corrected chi connectivity index (χ3v) is 5.39. The number of hydrogen-bond donors (Lipinski definition) is 0. The molecule has 0 bridgehead atoms. The van der Waals surface area contributed by atoms with Gasteiger partial charge in [-0.05, 0) is 62.9 Å². The molecule has 0 radical (unpaired) electrons. The average molecular weight is 369 g/mol. The summed E-state index contributed by atoms with van der Waals surface area (Å²) in [4.78, 5) is 16.8. The molecule has 5 nitrogen and oxygen atoms in total. The molecule has 0 saturated carbocycles. The predicted molar refractivity (Wildman–Crippen MR) is 109 cm³/mol. The number of benzene rings is 1. The van der Waals surface area contributed by atoms with Crippen molar-refractivity contribution in [3.8, 4) is 5.69 Å². The minimum absolute atomic E-state index is 0.213. The molecule has 0 N–H and O–H groups in total. The number of carbonyl (C=O) groups excluding carboxylic acids is 1. The van der Waals surface area contributed by atoms with Crippen LogP contribution in [0.5, 0.6) is 0 Å². The summed E-state index contributed by atoms with van der Waals surface area (Å²) >= 11 is 0. The number of piperidine rings is 1. The van der Waals surface area contributed by atoms with Crippen LogP contribution in [0.3, 0.4) is 0 Å². The molecule has 0 spiro atoms. The molecule has 1 aromatic carbocycles. The van der Waals surface area contributed by atoms with E-state index in [4.69, 9.17) is 0 Å². The molecular weight excluding hydrogens is 336 g/mol. The number of nitrogens with zero attached hydrogens (tertiary/aromatic N) is 4. The van der Waals surface area contributed by atoms with Crippen molar-refractivity contribution in [2.24, 2.45) is 5.92 Å². The zero-order valence-electron chi connectivity index (χ0n) is 17.1. The Balaban J connectivity index is 1.57. The van der Waals surface area contributed by atoms with Crippen molar-refractivity contribution in [3.63, 3.8) is 0 Å². The van der Waals surface area contributed by atoms with Gasteiger partial charge in [-0.1, -0.05) is 19.1 Å². The number of aromatic nitrogens is 2. The maximum atomic E-state index is 12.6. The zero-order chi connectivity index (χ0) is 19.4. The molecule has 1 amide bonds. The van der Waals surface area contributed by atoms with Gasteiger partial charge in [0.25, 0.3) is 0 Å². The predicted octanol–water partition coefficient (Wildman–Crippen LogP) is 3.57. The summed E-state index contributed by atoms with van der Waals surface area (Å²) in [6, 6.07) is 10.4. The third-order valence-electron chi connectivity index (χ3n) is 5.39. The lowest BCUT2D eigenvalue weighted by atomic mass is 10.0. The SMILES string of the molecule is Cc1cc(C)n(-c2cccc(CN(C)C(=O)CCN3CCCC(C)C3)c2)n1. The molecule has 3 rings (SSSR count). The van der Waals surface area contributed by atoms with Gasteiger partial charge in [0, 0.05) is 38.8 Å². The van der Waals surface area contributed by atoms with Gasteiger partial charge in [0.15, 0.2) is 0 Å². The van der Waals surface area contributed by atoms with E-state index in [2.05, 4.69) is 48.1 Å². The van der Waals surface area contributed by atoms with Gasteiger partial charge in [-0.25, -0.2) is 4.68 Å². The van der Waals surface area contributed by atoms with Crippen molar-refractivity contribution in [2.45, 2.75) is 46.6 Å². The second-order valence-corrected chi connectivity index (χ2v) is 8.06. The zero-order valence-corrected chi connectivity index (χ0v) is 17.1. The van der Waals surface area contributed by atoms with Crippen molar-refractivity contribution < 1.29 is 4.79 Å². The third kappa shape index (κ3) is 5.19. The summed E-state index contributed by atoms with van der Waals surface area (Å²) in [5, 5.41) is 4.55. The van der Waals surface area contributed by atoms with Crippen LogP contribution in [0.15, 0.2) is 30.3 Å². The van der Waals surface area contributed by atoms with Gasteiger partial charge in [-0.2, -0.15) is 5.10 Å². The first kappa shape index (κ1) is 19.6. The maximum absolute atomic E-state index is 12.6. The number of hydrogen-bond acceptors (Lipinski definition) is 3. The molecule has 2 heterocycles. The van der Waals surface area contributed by atoms with E-state index in [1.165, 1.54) is 12.8 Å². The molecule has 0 aliphatic carbocycles. The van der Waals surface area contributed by atoms with Crippen LogP contribution in [0.25, 0.3) is 5.69 Å². The fourth-order valence-corrected chi connectivity index (χ4v) is 3.97. The van der Waals surface area contributed by atoms with Crippen molar-refractivity contribution in [1.82, 2.24) is 19.6 Å². The number of aryl methyl sites for hydroxylation is 2. The standard InChI is InChI=1S/C22H32N4O/c1-17-7-6-11-25(15-17)12-10-22(27)24(4)16-20-8-5-9-21(14-20)26-19(3)13-18(2)23-26/h5,8-9,13-14,17H,6-7,10-12,15-16H2,1-4H3. The molecule has 5 heteroatoms. The summed E-state index contributed by atoms with van der Waals surface area (Å²) in [5.41, 5.74) is 4.30. The number of rotatable bonds is 6. The Labute approximate surface area is 163 Å². The van der Waals surface area contributed by atoms with E-state index < -0.39 is 0 Å². The Morgan fingerprint density at radius 3 is 2.81 bits per heavy atom. The first-order valence-corrected chi connectivity index (χ1v) is 10.0. The smallest absolute Gasteiger partial charge is 0.223 e. The molecule has 1 aliphatic rings. The highest BCUT2D eigenvalue weighted by Gasteiger charge is 2.18. The largest absolute Gasteiger partial charge is 0.341 e. The van der Waals surface area contributed by atoms with E-state index in [0.29, 0.717) is 13.0 Å². The van der Waals surface area contributed by atoms with Crippen LogP contribution in [0.2, 0.25) is 0 Å². The highest BCUT2D eigenvalue weighted by atomic mass is 16.2. The topological polar surface area (TPSA) is 41.4 Å². The van der Waals surface area contributed by atoms with Gasteiger partial charge in [0.05, 0.1) is 11.4 Å². The molecule has 146 valence electrons. The average Bonchev–Trinajstić information content (AvgIpc) is 2.98. The summed E-state index contributed by atoms with van der Waals surface area (Å²) < 4.78 is 1.96. The monoisotopic (exact) mass is 368 g/mol. The van der Waals surface area contributed by atoms with E-state index in [-0.39, 0.29) is 5.91 Å². The molecule has 1 aliphatic heterocycles. The molecular formula is C22H32N4O. The van der Waals surface area contributed by atoms with Crippen LogP contribution in [0.1, 0.15) is 43.1 Å². The van der Waals surface area contributed by atoms with Gasteiger partial charge in [-0.15, -0.1) is 0 Å².